The first kappa shape index (κ1) is 23.1. The highest BCUT2D eigenvalue weighted by Crippen LogP contribution is 2.49. The smallest absolute Gasteiger partial charge is 0.135 e. The molecule has 3 fully saturated rings. The molecule has 3 heteroatoms. The summed E-state index contributed by atoms with van der Waals surface area (Å²) in [6, 6.07) is 32.7. The summed E-state index contributed by atoms with van der Waals surface area (Å²) in [6.45, 7) is 8.22. The molecule has 5 atom stereocenters. The van der Waals surface area contributed by atoms with E-state index in [4.69, 9.17) is 4.74 Å². The maximum absolute atomic E-state index is 6.98. The molecule has 5 unspecified atom stereocenters. The lowest BCUT2D eigenvalue weighted by Gasteiger charge is -2.58. The minimum absolute atomic E-state index is 0.00427. The number of rotatable bonds is 8. The van der Waals surface area contributed by atoms with Crippen LogP contribution >= 0.6 is 0 Å². The van der Waals surface area contributed by atoms with Crippen LogP contribution in [0.2, 0.25) is 0 Å². The molecule has 0 radical (unpaired) electrons. The van der Waals surface area contributed by atoms with Crippen molar-refractivity contribution in [1.29, 1.82) is 0 Å². The fourth-order valence-electron chi connectivity index (χ4n) is 6.85. The van der Waals surface area contributed by atoms with Crippen LogP contribution in [-0.2, 0) is 17.9 Å². The van der Waals surface area contributed by atoms with Gasteiger partial charge in [-0.1, -0.05) is 84.9 Å². The molecular weight excluding hydrogens is 440 g/mol. The first-order valence-corrected chi connectivity index (χ1v) is 13.3. The van der Waals surface area contributed by atoms with Crippen molar-refractivity contribution in [2.45, 2.75) is 38.1 Å². The molecule has 4 aromatic rings. The maximum atomic E-state index is 6.98. The van der Waals surface area contributed by atoms with Gasteiger partial charge in [0.2, 0.25) is 0 Å². The van der Waals surface area contributed by atoms with Crippen molar-refractivity contribution in [3.8, 4) is 0 Å². The van der Waals surface area contributed by atoms with Crippen LogP contribution in [0, 0.1) is 11.8 Å². The molecule has 3 nitrogen and oxygen atoms in total. The molecule has 3 aromatic carbocycles. The Morgan fingerprint density at radius 1 is 0.917 bits per heavy atom. The van der Waals surface area contributed by atoms with Gasteiger partial charge in [-0.25, -0.2) is 0 Å². The Hall–Kier alpha value is -3.27. The lowest BCUT2D eigenvalue weighted by Crippen LogP contribution is -2.67. The molecule has 2 bridgehead atoms. The molecule has 3 aliphatic rings. The fourth-order valence-corrected chi connectivity index (χ4v) is 6.85. The monoisotopic (exact) mass is 475 g/mol. The molecule has 0 spiro atoms. The zero-order valence-electron chi connectivity index (χ0n) is 20.9. The van der Waals surface area contributed by atoms with Gasteiger partial charge in [0.1, 0.15) is 18.7 Å². The number of pyridine rings is 1. The largest absolute Gasteiger partial charge is 0.363 e. The van der Waals surface area contributed by atoms with E-state index in [1.807, 2.05) is 6.20 Å². The van der Waals surface area contributed by atoms with Gasteiger partial charge in [-0.3, -0.25) is 4.98 Å². The molecule has 7 rings (SSSR count). The van der Waals surface area contributed by atoms with Crippen LogP contribution in [0.25, 0.3) is 10.9 Å². The number of ether oxygens (including phenoxy) is 1. The van der Waals surface area contributed by atoms with Gasteiger partial charge >= 0.3 is 0 Å². The zero-order chi connectivity index (χ0) is 24.4. The summed E-state index contributed by atoms with van der Waals surface area (Å²) in [5.74, 6) is 1.25. The van der Waals surface area contributed by atoms with Crippen LogP contribution < -0.4 is 0 Å². The molecule has 1 aromatic heterocycles. The molecule has 36 heavy (non-hydrogen) atoms. The molecule has 0 N–H and O–H groups in total. The van der Waals surface area contributed by atoms with Gasteiger partial charge in [0, 0.05) is 35.9 Å². The van der Waals surface area contributed by atoms with E-state index in [0.717, 1.165) is 23.1 Å². The molecular formula is C33H35N2O+. The second-order valence-electron chi connectivity index (χ2n) is 10.7. The van der Waals surface area contributed by atoms with Gasteiger partial charge < -0.3 is 9.22 Å². The van der Waals surface area contributed by atoms with Gasteiger partial charge in [-0.15, -0.1) is 6.58 Å². The van der Waals surface area contributed by atoms with Crippen molar-refractivity contribution in [1.82, 2.24) is 4.98 Å². The van der Waals surface area contributed by atoms with Gasteiger partial charge in [-0.2, -0.15) is 0 Å². The normalized spacial score (nSPS) is 26.1. The van der Waals surface area contributed by atoms with Crippen molar-refractivity contribution in [3.63, 3.8) is 0 Å². The van der Waals surface area contributed by atoms with Crippen molar-refractivity contribution in [2.75, 3.05) is 13.1 Å². The number of hydrogen-bond acceptors (Lipinski definition) is 2. The van der Waals surface area contributed by atoms with E-state index >= 15 is 0 Å². The lowest BCUT2D eigenvalue weighted by molar-refractivity contribution is -0.985. The Morgan fingerprint density at radius 2 is 1.64 bits per heavy atom. The molecule has 3 aliphatic heterocycles. The number of para-hydroxylation sites is 1. The highest BCUT2D eigenvalue weighted by atomic mass is 16.5. The second kappa shape index (κ2) is 10.0. The van der Waals surface area contributed by atoms with E-state index in [-0.39, 0.29) is 6.10 Å². The molecule has 0 amide bonds. The molecule has 3 saturated heterocycles. The number of fused-ring (bicyclic) bond motifs is 4. The summed E-state index contributed by atoms with van der Waals surface area (Å²) in [4.78, 5) is 4.67. The predicted octanol–water partition coefficient (Wildman–Crippen LogP) is 7.10. The highest BCUT2D eigenvalue weighted by molar-refractivity contribution is 5.82. The topological polar surface area (TPSA) is 22.1 Å². The van der Waals surface area contributed by atoms with Crippen molar-refractivity contribution in [3.05, 3.63) is 127 Å². The van der Waals surface area contributed by atoms with Crippen molar-refractivity contribution >= 4 is 10.9 Å². The summed E-state index contributed by atoms with van der Waals surface area (Å²) in [5, 5.41) is 1.21. The number of quaternary nitrogens is 1. The average molecular weight is 476 g/mol. The van der Waals surface area contributed by atoms with Crippen LogP contribution in [-0.4, -0.2) is 28.6 Å². The van der Waals surface area contributed by atoms with E-state index in [0.29, 0.717) is 24.5 Å². The Bertz CT molecular complexity index is 1320. The third-order valence-corrected chi connectivity index (χ3v) is 8.63. The van der Waals surface area contributed by atoms with Crippen LogP contribution in [0.1, 0.15) is 35.6 Å². The van der Waals surface area contributed by atoms with Gasteiger partial charge in [-0.05, 0) is 29.2 Å². The lowest BCUT2D eigenvalue weighted by atomic mass is 9.71. The number of piperidine rings is 3. The molecule has 0 saturated carbocycles. The fraction of sp³-hybridized carbons (Fsp3) is 0.303. The van der Waals surface area contributed by atoms with Gasteiger partial charge in [0.15, 0.2) is 0 Å². The SMILES string of the molecule is C=CC1C[N+]2(Cc3ccccc3)CCC1CC2C(OCc1ccccc1)c1ccnc2ccccc12. The summed E-state index contributed by atoms with van der Waals surface area (Å²) in [6.07, 6.45) is 6.61. The summed E-state index contributed by atoms with van der Waals surface area (Å²) in [5.41, 5.74) is 4.94. The van der Waals surface area contributed by atoms with Crippen molar-refractivity contribution < 1.29 is 9.22 Å². The number of benzene rings is 3. The third kappa shape index (κ3) is 4.38. The third-order valence-electron chi connectivity index (χ3n) is 8.63. The zero-order valence-corrected chi connectivity index (χ0v) is 20.9. The van der Waals surface area contributed by atoms with Gasteiger partial charge in [0.05, 0.1) is 25.2 Å². The quantitative estimate of drug-likeness (QED) is 0.200. The summed E-state index contributed by atoms with van der Waals surface area (Å²) in [7, 11) is 0. The highest BCUT2D eigenvalue weighted by Gasteiger charge is 2.54. The molecule has 4 heterocycles. The number of hydrogen-bond donors (Lipinski definition) is 0. The molecule has 0 aliphatic carbocycles. The minimum atomic E-state index is -0.00427. The summed E-state index contributed by atoms with van der Waals surface area (Å²) < 4.78 is 8.04. The van der Waals surface area contributed by atoms with E-state index in [2.05, 4.69) is 109 Å². The Balaban J connectivity index is 1.44. The van der Waals surface area contributed by atoms with E-state index in [1.165, 1.54) is 41.5 Å². The van der Waals surface area contributed by atoms with Crippen LogP contribution in [0.5, 0.6) is 0 Å². The maximum Gasteiger partial charge on any atom is 0.135 e. The Kier molecular flexibility index (Phi) is 6.43. The predicted molar refractivity (Wildman–Crippen MR) is 146 cm³/mol. The van der Waals surface area contributed by atoms with Crippen molar-refractivity contribution in [2.24, 2.45) is 11.8 Å². The van der Waals surface area contributed by atoms with E-state index in [1.54, 1.807) is 0 Å². The van der Waals surface area contributed by atoms with E-state index < -0.39 is 0 Å². The number of nitrogens with zero attached hydrogens (tertiary/aromatic N) is 2. The van der Waals surface area contributed by atoms with Crippen LogP contribution in [0.3, 0.4) is 0 Å². The number of aromatic nitrogens is 1. The first-order chi connectivity index (χ1) is 17.8. The molecule has 182 valence electrons. The minimum Gasteiger partial charge on any atom is -0.363 e. The average Bonchev–Trinajstić information content (AvgIpc) is 2.94. The van der Waals surface area contributed by atoms with Crippen LogP contribution in [0.15, 0.2) is 110 Å². The summed E-state index contributed by atoms with van der Waals surface area (Å²) >= 11 is 0. The van der Waals surface area contributed by atoms with Gasteiger partial charge in [0.25, 0.3) is 0 Å². The second-order valence-corrected chi connectivity index (χ2v) is 10.7. The standard InChI is InChI=1S/C33H35N2O/c1-2-27-23-35(22-25-11-5-3-6-12-25)20-18-28(27)21-32(35)33(36-24-26-13-7-4-8-14-26)30-17-19-34-31-16-10-9-15-29(30)31/h2-17,19,27-28,32-33H,1,18,20-24H2/q+1. The first-order valence-electron chi connectivity index (χ1n) is 13.3. The Labute approximate surface area is 214 Å². The Morgan fingerprint density at radius 3 is 2.42 bits per heavy atom. The van der Waals surface area contributed by atoms with E-state index in [9.17, 15) is 0 Å². The van der Waals surface area contributed by atoms with Crippen LogP contribution in [0.4, 0.5) is 0 Å².